The van der Waals surface area contributed by atoms with Gasteiger partial charge in [-0.2, -0.15) is 0 Å². The summed E-state index contributed by atoms with van der Waals surface area (Å²) in [6.07, 6.45) is 4.39. The number of hydrogen-bond acceptors (Lipinski definition) is 3. The maximum atomic E-state index is 11.3. The Morgan fingerprint density at radius 2 is 2.21 bits per heavy atom. The summed E-state index contributed by atoms with van der Waals surface area (Å²) in [7, 11) is -0.768. The average molecular weight is 297 g/mol. The molecular weight excluding hydrogens is 280 g/mol. The maximum absolute atomic E-state index is 11.3. The van der Waals surface area contributed by atoms with Gasteiger partial charge < -0.3 is 5.32 Å². The number of pyridine rings is 1. The zero-order valence-corrected chi connectivity index (χ0v) is 12.6. The smallest absolute Gasteiger partial charge is 0.0737 e. The molecule has 1 heterocycles. The summed E-state index contributed by atoms with van der Waals surface area (Å²) in [6.45, 7) is 2.80. The van der Waals surface area contributed by atoms with Gasteiger partial charge in [0.25, 0.3) is 0 Å². The highest BCUT2D eigenvalue weighted by Crippen LogP contribution is 2.24. The van der Waals surface area contributed by atoms with Gasteiger partial charge in [-0.25, -0.2) is 0 Å². The molecule has 3 nitrogen and oxygen atoms in total. The number of rotatable bonds is 5. The highest BCUT2D eigenvalue weighted by atomic mass is 35.5. The molecule has 0 aliphatic carbocycles. The van der Waals surface area contributed by atoms with Gasteiger partial charge in [0.05, 0.1) is 5.52 Å². The van der Waals surface area contributed by atoms with Crippen molar-refractivity contribution in [2.75, 3.05) is 18.1 Å². The first-order chi connectivity index (χ1) is 9.08. The molecule has 0 fully saturated rings. The molecule has 19 heavy (non-hydrogen) atoms. The van der Waals surface area contributed by atoms with E-state index >= 15 is 0 Å². The Hall–Kier alpha value is -1.13. The van der Waals surface area contributed by atoms with E-state index in [-0.39, 0.29) is 5.25 Å². The van der Waals surface area contributed by atoms with Gasteiger partial charge in [-0.1, -0.05) is 18.5 Å². The molecule has 0 bridgehead atoms. The Bertz CT molecular complexity index is 603. The molecule has 2 atom stereocenters. The fraction of sp³-hybridized carbons (Fsp3) is 0.357. The topological polar surface area (TPSA) is 42.0 Å². The van der Waals surface area contributed by atoms with Crippen molar-refractivity contribution in [2.24, 2.45) is 0 Å². The van der Waals surface area contributed by atoms with Crippen molar-refractivity contribution in [1.29, 1.82) is 0 Å². The van der Waals surface area contributed by atoms with E-state index in [1.165, 1.54) is 0 Å². The molecule has 1 aromatic carbocycles. The first-order valence-corrected chi connectivity index (χ1v) is 8.18. The third kappa shape index (κ3) is 3.67. The number of nitrogens with zero attached hydrogens (tertiary/aromatic N) is 1. The van der Waals surface area contributed by atoms with Crippen molar-refractivity contribution in [1.82, 2.24) is 4.98 Å². The van der Waals surface area contributed by atoms with Gasteiger partial charge in [-0.05, 0) is 30.7 Å². The number of fused-ring (bicyclic) bond motifs is 1. The molecule has 1 N–H and O–H groups in total. The minimum Gasteiger partial charge on any atom is -0.384 e. The lowest BCUT2D eigenvalue weighted by Crippen LogP contribution is -2.14. The highest BCUT2D eigenvalue weighted by molar-refractivity contribution is 7.84. The molecule has 2 rings (SSSR count). The number of benzene rings is 1. The number of anilines is 1. The Kier molecular flexibility index (Phi) is 4.77. The third-order valence-electron chi connectivity index (χ3n) is 3.14. The fourth-order valence-corrected chi connectivity index (χ4v) is 2.47. The molecule has 102 valence electrons. The molecule has 2 aromatic rings. The molecule has 1 aromatic heterocycles. The highest BCUT2D eigenvalue weighted by Gasteiger charge is 2.06. The van der Waals surface area contributed by atoms with Crippen molar-refractivity contribution in [2.45, 2.75) is 18.6 Å². The first-order valence-electron chi connectivity index (χ1n) is 6.18. The van der Waals surface area contributed by atoms with Crippen LogP contribution in [0.3, 0.4) is 0 Å². The maximum Gasteiger partial charge on any atom is 0.0737 e. The predicted molar refractivity (Wildman–Crippen MR) is 83.4 cm³/mol. The second-order valence-corrected chi connectivity index (χ2v) is 6.78. The van der Waals surface area contributed by atoms with Crippen LogP contribution in [-0.4, -0.2) is 27.2 Å². The SMILES string of the molecule is CC(CCNc1ccnc2cc(Cl)ccc12)S(C)=O. The van der Waals surface area contributed by atoms with E-state index < -0.39 is 10.8 Å². The van der Waals surface area contributed by atoms with Crippen LogP contribution in [0.25, 0.3) is 10.9 Å². The Balaban J connectivity index is 2.11. The average Bonchev–Trinajstić information content (AvgIpc) is 2.38. The van der Waals surface area contributed by atoms with Crippen molar-refractivity contribution >= 4 is 39.0 Å². The Morgan fingerprint density at radius 1 is 1.42 bits per heavy atom. The number of aromatic nitrogens is 1. The van der Waals surface area contributed by atoms with E-state index in [0.29, 0.717) is 5.02 Å². The van der Waals surface area contributed by atoms with Crippen molar-refractivity contribution in [3.63, 3.8) is 0 Å². The summed E-state index contributed by atoms with van der Waals surface area (Å²) in [5.74, 6) is 0. The zero-order valence-electron chi connectivity index (χ0n) is 11.0. The van der Waals surface area contributed by atoms with Crippen LogP contribution in [-0.2, 0) is 10.8 Å². The Morgan fingerprint density at radius 3 is 2.95 bits per heavy atom. The normalized spacial score (nSPS) is 14.3. The van der Waals surface area contributed by atoms with Gasteiger partial charge in [0.2, 0.25) is 0 Å². The molecule has 0 saturated carbocycles. The summed E-state index contributed by atoms with van der Waals surface area (Å²) in [5, 5.41) is 5.32. The third-order valence-corrected chi connectivity index (χ3v) is 4.74. The molecule has 0 spiro atoms. The van der Waals surface area contributed by atoms with E-state index in [1.54, 1.807) is 12.5 Å². The van der Waals surface area contributed by atoms with Crippen LogP contribution in [0.1, 0.15) is 13.3 Å². The molecule has 0 aliphatic heterocycles. The number of nitrogens with one attached hydrogen (secondary N) is 1. The molecule has 0 radical (unpaired) electrons. The molecular formula is C14H17ClN2OS. The van der Waals surface area contributed by atoms with E-state index in [2.05, 4.69) is 10.3 Å². The minimum absolute atomic E-state index is 0.204. The van der Waals surface area contributed by atoms with Gasteiger partial charge in [0, 0.05) is 51.1 Å². The van der Waals surface area contributed by atoms with Gasteiger partial charge in [0.15, 0.2) is 0 Å². The van der Waals surface area contributed by atoms with Gasteiger partial charge in [0.1, 0.15) is 0 Å². The summed E-state index contributed by atoms with van der Waals surface area (Å²) in [5.41, 5.74) is 1.92. The van der Waals surface area contributed by atoms with Gasteiger partial charge >= 0.3 is 0 Å². The van der Waals surface area contributed by atoms with E-state index in [9.17, 15) is 4.21 Å². The quantitative estimate of drug-likeness (QED) is 0.919. The second kappa shape index (κ2) is 6.35. The lowest BCUT2D eigenvalue weighted by Gasteiger charge is -2.12. The van der Waals surface area contributed by atoms with Crippen LogP contribution < -0.4 is 5.32 Å². The molecule has 0 aliphatic rings. The van der Waals surface area contributed by atoms with E-state index in [0.717, 1.165) is 29.6 Å². The Labute approximate surface area is 120 Å². The van der Waals surface area contributed by atoms with Gasteiger partial charge in [-0.15, -0.1) is 0 Å². The standard InChI is InChI=1S/C14H17ClN2OS/c1-10(19(2)18)5-7-16-13-6-8-17-14-9-11(15)3-4-12(13)14/h3-4,6,8-10H,5,7H2,1-2H3,(H,16,17). The summed E-state index contributed by atoms with van der Waals surface area (Å²) in [6, 6.07) is 7.63. The summed E-state index contributed by atoms with van der Waals surface area (Å²) >= 11 is 5.96. The predicted octanol–water partition coefficient (Wildman–Crippen LogP) is 3.46. The molecule has 0 amide bonds. The molecule has 5 heteroatoms. The lowest BCUT2D eigenvalue weighted by atomic mass is 10.2. The summed E-state index contributed by atoms with van der Waals surface area (Å²) in [4.78, 5) is 4.30. The van der Waals surface area contributed by atoms with E-state index in [1.807, 2.05) is 31.2 Å². The van der Waals surface area contributed by atoms with Crippen LogP contribution in [0.15, 0.2) is 30.5 Å². The second-order valence-electron chi connectivity index (χ2n) is 4.54. The van der Waals surface area contributed by atoms with Crippen LogP contribution in [0.2, 0.25) is 5.02 Å². The van der Waals surface area contributed by atoms with Crippen molar-refractivity contribution in [3.8, 4) is 0 Å². The first kappa shape index (κ1) is 14.3. The van der Waals surface area contributed by atoms with E-state index in [4.69, 9.17) is 11.6 Å². The zero-order chi connectivity index (χ0) is 13.8. The molecule has 0 saturated heterocycles. The monoisotopic (exact) mass is 296 g/mol. The fourth-order valence-electron chi connectivity index (χ4n) is 1.85. The van der Waals surface area contributed by atoms with Crippen LogP contribution in [0, 0.1) is 0 Å². The van der Waals surface area contributed by atoms with Crippen LogP contribution in [0.5, 0.6) is 0 Å². The summed E-state index contributed by atoms with van der Waals surface area (Å²) < 4.78 is 11.3. The number of hydrogen-bond donors (Lipinski definition) is 1. The largest absolute Gasteiger partial charge is 0.384 e. The lowest BCUT2D eigenvalue weighted by molar-refractivity contribution is 0.672. The van der Waals surface area contributed by atoms with Crippen LogP contribution >= 0.6 is 11.6 Å². The molecule has 2 unspecified atom stereocenters. The van der Waals surface area contributed by atoms with Crippen molar-refractivity contribution < 1.29 is 4.21 Å². The van der Waals surface area contributed by atoms with Gasteiger partial charge in [-0.3, -0.25) is 9.19 Å². The van der Waals surface area contributed by atoms with Crippen LogP contribution in [0.4, 0.5) is 5.69 Å². The minimum atomic E-state index is -0.768. The number of halogens is 1. The van der Waals surface area contributed by atoms with Crippen molar-refractivity contribution in [3.05, 3.63) is 35.5 Å².